The van der Waals surface area contributed by atoms with E-state index in [-0.39, 0.29) is 5.97 Å². The van der Waals surface area contributed by atoms with Crippen molar-refractivity contribution in [3.63, 3.8) is 0 Å². The van der Waals surface area contributed by atoms with Gasteiger partial charge in [0.2, 0.25) is 0 Å². The third-order valence-corrected chi connectivity index (χ3v) is 2.68. The van der Waals surface area contributed by atoms with Crippen LogP contribution >= 0.6 is 0 Å². The minimum absolute atomic E-state index is 0.121. The van der Waals surface area contributed by atoms with Gasteiger partial charge in [-0.05, 0) is 43.9 Å². The Morgan fingerprint density at radius 2 is 1.83 bits per heavy atom. The molecule has 100 valence electrons. The molecule has 0 saturated carbocycles. The molecule has 0 N–H and O–H groups in total. The Morgan fingerprint density at radius 3 is 2.44 bits per heavy atom. The van der Waals surface area contributed by atoms with Crippen LogP contribution in [0.1, 0.15) is 38.7 Å². The van der Waals surface area contributed by atoms with Gasteiger partial charge in [-0.25, -0.2) is 0 Å². The van der Waals surface area contributed by atoms with Crippen molar-refractivity contribution >= 4 is 5.97 Å². The highest BCUT2D eigenvalue weighted by molar-refractivity contribution is 5.69. The normalized spacial score (nSPS) is 10.1. The number of hydrogen-bond donors (Lipinski definition) is 0. The van der Waals surface area contributed by atoms with E-state index in [1.54, 1.807) is 0 Å². The number of rotatable bonds is 8. The largest absolute Gasteiger partial charge is 0.494 e. The summed E-state index contributed by atoms with van der Waals surface area (Å²) in [6.45, 7) is 5.05. The van der Waals surface area contributed by atoms with Gasteiger partial charge in [-0.1, -0.05) is 19.1 Å². The third-order valence-electron chi connectivity index (χ3n) is 2.68. The molecule has 0 heterocycles. The number of carbonyl (C=O) groups is 1. The monoisotopic (exact) mass is 250 g/mol. The fraction of sp³-hybridized carbons (Fsp3) is 0.533. The van der Waals surface area contributed by atoms with E-state index in [2.05, 4.69) is 19.1 Å². The number of esters is 1. The lowest BCUT2D eigenvalue weighted by molar-refractivity contribution is -0.143. The Hall–Kier alpha value is -1.51. The molecule has 0 fully saturated rings. The summed E-state index contributed by atoms with van der Waals surface area (Å²) in [5.41, 5.74) is 1.31. The lowest BCUT2D eigenvalue weighted by atomic mass is 10.2. The van der Waals surface area contributed by atoms with Gasteiger partial charge in [-0.15, -0.1) is 0 Å². The molecule has 1 aromatic carbocycles. The van der Waals surface area contributed by atoms with Crippen molar-refractivity contribution in [3.05, 3.63) is 29.8 Å². The molecule has 0 amide bonds. The van der Waals surface area contributed by atoms with E-state index < -0.39 is 0 Å². The molecule has 0 atom stereocenters. The molecule has 1 aromatic rings. The summed E-state index contributed by atoms with van der Waals surface area (Å²) in [5, 5.41) is 0. The van der Waals surface area contributed by atoms with Gasteiger partial charge in [-0.2, -0.15) is 0 Å². The van der Waals surface area contributed by atoms with Crippen molar-refractivity contribution in [3.8, 4) is 5.75 Å². The Morgan fingerprint density at radius 1 is 1.11 bits per heavy atom. The van der Waals surface area contributed by atoms with Crippen LogP contribution in [0.2, 0.25) is 0 Å². The zero-order valence-electron chi connectivity index (χ0n) is 11.3. The average Bonchev–Trinajstić information content (AvgIpc) is 2.39. The predicted molar refractivity (Wildman–Crippen MR) is 71.8 cm³/mol. The van der Waals surface area contributed by atoms with E-state index in [4.69, 9.17) is 9.47 Å². The van der Waals surface area contributed by atoms with Crippen LogP contribution in [0.5, 0.6) is 5.75 Å². The zero-order chi connectivity index (χ0) is 13.2. The van der Waals surface area contributed by atoms with E-state index >= 15 is 0 Å². The molecule has 0 aliphatic heterocycles. The van der Waals surface area contributed by atoms with E-state index in [1.807, 2.05) is 19.1 Å². The van der Waals surface area contributed by atoms with Crippen molar-refractivity contribution in [2.75, 3.05) is 13.2 Å². The van der Waals surface area contributed by atoms with Crippen LogP contribution in [0, 0.1) is 0 Å². The summed E-state index contributed by atoms with van der Waals surface area (Å²) in [4.78, 5) is 11.1. The van der Waals surface area contributed by atoms with Crippen LogP contribution in [0.3, 0.4) is 0 Å². The van der Waals surface area contributed by atoms with Gasteiger partial charge in [-0.3, -0.25) is 4.79 Å². The molecule has 0 spiro atoms. The second-order valence-electron chi connectivity index (χ2n) is 4.11. The Bertz CT molecular complexity index is 343. The van der Waals surface area contributed by atoms with Crippen molar-refractivity contribution in [1.82, 2.24) is 0 Å². The smallest absolute Gasteiger partial charge is 0.305 e. The first-order valence-corrected chi connectivity index (χ1v) is 6.63. The third kappa shape index (κ3) is 5.71. The van der Waals surface area contributed by atoms with Gasteiger partial charge in [0.15, 0.2) is 0 Å². The first-order chi connectivity index (χ1) is 8.76. The maximum absolute atomic E-state index is 11.1. The fourth-order valence-electron chi connectivity index (χ4n) is 1.62. The van der Waals surface area contributed by atoms with Crippen LogP contribution in [0.25, 0.3) is 0 Å². The Balaban J connectivity index is 2.12. The molecule has 1 rings (SSSR count). The van der Waals surface area contributed by atoms with E-state index in [9.17, 15) is 4.79 Å². The highest BCUT2D eigenvalue weighted by Crippen LogP contribution is 2.13. The second kappa shape index (κ2) is 8.56. The summed E-state index contributed by atoms with van der Waals surface area (Å²) in [5.74, 6) is 0.771. The topological polar surface area (TPSA) is 35.5 Å². The summed E-state index contributed by atoms with van der Waals surface area (Å²) in [7, 11) is 0. The van der Waals surface area contributed by atoms with E-state index in [0.29, 0.717) is 19.6 Å². The SMILES string of the molecule is CCOC(=O)CCCCOc1ccc(CC)cc1. The van der Waals surface area contributed by atoms with E-state index in [0.717, 1.165) is 25.0 Å². The molecule has 0 aliphatic rings. The minimum atomic E-state index is -0.121. The van der Waals surface area contributed by atoms with Gasteiger partial charge in [0.1, 0.15) is 5.75 Å². The summed E-state index contributed by atoms with van der Waals surface area (Å²) >= 11 is 0. The Kier molecular flexibility index (Phi) is 6.92. The summed E-state index contributed by atoms with van der Waals surface area (Å²) in [6.07, 6.45) is 3.20. The molecular weight excluding hydrogens is 228 g/mol. The number of benzene rings is 1. The molecule has 0 saturated heterocycles. The molecule has 0 aliphatic carbocycles. The minimum Gasteiger partial charge on any atom is -0.494 e. The maximum Gasteiger partial charge on any atom is 0.305 e. The average molecular weight is 250 g/mol. The van der Waals surface area contributed by atoms with Crippen molar-refractivity contribution in [2.24, 2.45) is 0 Å². The molecule has 18 heavy (non-hydrogen) atoms. The quantitative estimate of drug-likeness (QED) is 0.524. The fourth-order valence-corrected chi connectivity index (χ4v) is 1.62. The number of aryl methyl sites for hydroxylation is 1. The lowest BCUT2D eigenvalue weighted by Crippen LogP contribution is -2.05. The van der Waals surface area contributed by atoms with Crippen LogP contribution < -0.4 is 4.74 Å². The van der Waals surface area contributed by atoms with Gasteiger partial charge < -0.3 is 9.47 Å². The number of unbranched alkanes of at least 4 members (excludes halogenated alkanes) is 1. The highest BCUT2D eigenvalue weighted by Gasteiger charge is 2.01. The van der Waals surface area contributed by atoms with Gasteiger partial charge in [0, 0.05) is 6.42 Å². The molecule has 0 radical (unpaired) electrons. The number of carbonyl (C=O) groups excluding carboxylic acids is 1. The number of ether oxygens (including phenoxy) is 2. The predicted octanol–water partition coefficient (Wildman–Crippen LogP) is 3.36. The maximum atomic E-state index is 11.1. The lowest BCUT2D eigenvalue weighted by Gasteiger charge is -2.06. The standard InChI is InChI=1S/C15H22O3/c1-3-13-8-10-14(11-9-13)18-12-6-5-7-15(16)17-4-2/h8-11H,3-7,12H2,1-2H3. The molecule has 0 bridgehead atoms. The molecule has 0 unspecified atom stereocenters. The van der Waals surface area contributed by atoms with Crippen molar-refractivity contribution in [2.45, 2.75) is 39.5 Å². The van der Waals surface area contributed by atoms with Gasteiger partial charge in [0.25, 0.3) is 0 Å². The summed E-state index contributed by atoms with van der Waals surface area (Å²) < 4.78 is 10.4. The molecular formula is C15H22O3. The van der Waals surface area contributed by atoms with Crippen LogP contribution in [0.15, 0.2) is 24.3 Å². The first-order valence-electron chi connectivity index (χ1n) is 6.63. The number of hydrogen-bond acceptors (Lipinski definition) is 3. The summed E-state index contributed by atoms with van der Waals surface area (Å²) in [6, 6.07) is 8.14. The van der Waals surface area contributed by atoms with Crippen molar-refractivity contribution in [1.29, 1.82) is 0 Å². The first kappa shape index (κ1) is 14.6. The molecule has 0 aromatic heterocycles. The van der Waals surface area contributed by atoms with Crippen LogP contribution in [-0.2, 0) is 16.0 Å². The van der Waals surface area contributed by atoms with Crippen molar-refractivity contribution < 1.29 is 14.3 Å². The van der Waals surface area contributed by atoms with Crippen LogP contribution in [0.4, 0.5) is 0 Å². The Labute approximate surface area is 109 Å². The van der Waals surface area contributed by atoms with Gasteiger partial charge in [0.05, 0.1) is 13.2 Å². The van der Waals surface area contributed by atoms with E-state index in [1.165, 1.54) is 5.56 Å². The highest BCUT2D eigenvalue weighted by atomic mass is 16.5. The van der Waals surface area contributed by atoms with Crippen LogP contribution in [-0.4, -0.2) is 19.2 Å². The second-order valence-corrected chi connectivity index (χ2v) is 4.11. The van der Waals surface area contributed by atoms with Gasteiger partial charge >= 0.3 is 5.97 Å². The molecule has 3 heteroatoms. The zero-order valence-corrected chi connectivity index (χ0v) is 11.3. The molecule has 3 nitrogen and oxygen atoms in total.